The van der Waals surface area contributed by atoms with Gasteiger partial charge in [0.15, 0.2) is 11.5 Å². The van der Waals surface area contributed by atoms with Gasteiger partial charge in [0.25, 0.3) is 0 Å². The molecule has 3 rings (SSSR count). The second-order valence-corrected chi connectivity index (χ2v) is 7.63. The Labute approximate surface area is 191 Å². The standard InChI is InChI=1S/C20H11Cl5O4/c21-15-16(22)18(24)20(19(25)17(15)23)28-9-13-5-4-12(29-13)6-7-14(27)10-2-1-3-11(26)8-10/h1-8,26H,9H2/b7-6+. The van der Waals surface area contributed by atoms with Crippen LogP contribution in [-0.4, -0.2) is 10.9 Å². The average Bonchev–Trinajstić information content (AvgIpc) is 3.17. The van der Waals surface area contributed by atoms with Gasteiger partial charge in [0.1, 0.15) is 33.9 Å². The number of phenolic OH excluding ortho intramolecular Hbond substituents is 1. The third-order valence-corrected chi connectivity index (χ3v) is 5.98. The lowest BCUT2D eigenvalue weighted by Gasteiger charge is -2.12. The maximum Gasteiger partial charge on any atom is 0.186 e. The molecule has 150 valence electrons. The summed E-state index contributed by atoms with van der Waals surface area (Å²) in [6.45, 7) is -0.0118. The fraction of sp³-hybridized carbons (Fsp3) is 0.0500. The summed E-state index contributed by atoms with van der Waals surface area (Å²) in [5, 5.41) is 9.62. The first-order valence-electron chi connectivity index (χ1n) is 8.02. The van der Waals surface area contributed by atoms with Crippen LogP contribution in [0.25, 0.3) is 6.08 Å². The maximum absolute atomic E-state index is 12.1. The number of halogens is 5. The molecule has 0 unspecified atom stereocenters. The highest BCUT2D eigenvalue weighted by Crippen LogP contribution is 2.48. The molecule has 0 fully saturated rings. The van der Waals surface area contributed by atoms with Crippen molar-refractivity contribution in [2.75, 3.05) is 0 Å². The third kappa shape index (κ3) is 5.03. The van der Waals surface area contributed by atoms with Crippen LogP contribution in [0.3, 0.4) is 0 Å². The van der Waals surface area contributed by atoms with Crippen LogP contribution in [0, 0.1) is 0 Å². The highest BCUT2D eigenvalue weighted by Gasteiger charge is 2.21. The average molecular weight is 493 g/mol. The van der Waals surface area contributed by atoms with E-state index in [9.17, 15) is 9.90 Å². The van der Waals surface area contributed by atoms with Gasteiger partial charge in [0.2, 0.25) is 0 Å². The molecule has 0 aliphatic heterocycles. The first-order valence-corrected chi connectivity index (χ1v) is 9.91. The fourth-order valence-corrected chi connectivity index (χ4v) is 3.56. The Morgan fingerprint density at radius 2 is 1.62 bits per heavy atom. The molecular weight excluding hydrogens is 481 g/mol. The summed E-state index contributed by atoms with van der Waals surface area (Å²) in [6.07, 6.45) is 2.84. The number of furan rings is 1. The van der Waals surface area contributed by atoms with Gasteiger partial charge in [-0.05, 0) is 36.4 Å². The van der Waals surface area contributed by atoms with Crippen molar-refractivity contribution in [3.63, 3.8) is 0 Å². The molecule has 0 saturated carbocycles. The van der Waals surface area contributed by atoms with Gasteiger partial charge < -0.3 is 14.3 Å². The Bertz CT molecular complexity index is 1080. The van der Waals surface area contributed by atoms with Crippen LogP contribution in [0.15, 0.2) is 46.9 Å². The SMILES string of the molecule is O=C(/C=C/c1ccc(COc2c(Cl)c(Cl)c(Cl)c(Cl)c2Cl)o1)c1cccc(O)c1. The number of carbonyl (C=O) groups excluding carboxylic acids is 1. The molecule has 1 heterocycles. The second kappa shape index (κ2) is 9.33. The van der Waals surface area contributed by atoms with Gasteiger partial charge >= 0.3 is 0 Å². The summed E-state index contributed by atoms with van der Waals surface area (Å²) < 4.78 is 11.2. The Kier molecular flexibility index (Phi) is 7.04. The van der Waals surface area contributed by atoms with E-state index in [1.54, 1.807) is 24.3 Å². The van der Waals surface area contributed by atoms with Crippen molar-refractivity contribution >= 4 is 69.9 Å². The molecule has 0 saturated heterocycles. The van der Waals surface area contributed by atoms with Crippen LogP contribution >= 0.6 is 58.0 Å². The quantitative estimate of drug-likeness (QED) is 0.166. The van der Waals surface area contributed by atoms with Crippen LogP contribution in [0.2, 0.25) is 25.1 Å². The van der Waals surface area contributed by atoms with Crippen LogP contribution < -0.4 is 4.74 Å². The van der Waals surface area contributed by atoms with E-state index in [0.717, 1.165) is 0 Å². The highest BCUT2D eigenvalue weighted by molar-refractivity contribution is 6.55. The number of ketones is 1. The molecule has 0 spiro atoms. The zero-order valence-corrected chi connectivity index (χ0v) is 18.2. The molecule has 0 bridgehead atoms. The number of aromatic hydroxyl groups is 1. The first kappa shape index (κ1) is 21.9. The van der Waals surface area contributed by atoms with Crippen molar-refractivity contribution in [2.45, 2.75) is 6.61 Å². The lowest BCUT2D eigenvalue weighted by Crippen LogP contribution is -1.96. The van der Waals surface area contributed by atoms with Gasteiger partial charge in [-0.1, -0.05) is 70.1 Å². The molecule has 4 nitrogen and oxygen atoms in total. The van der Waals surface area contributed by atoms with Gasteiger partial charge in [-0.3, -0.25) is 4.79 Å². The van der Waals surface area contributed by atoms with Crippen LogP contribution in [0.1, 0.15) is 21.9 Å². The molecule has 1 N–H and O–H groups in total. The number of hydrogen-bond donors (Lipinski definition) is 1. The van der Waals surface area contributed by atoms with E-state index < -0.39 is 0 Å². The molecule has 2 aromatic carbocycles. The largest absolute Gasteiger partial charge is 0.508 e. The number of phenols is 1. The van der Waals surface area contributed by atoms with E-state index in [0.29, 0.717) is 17.1 Å². The molecular formula is C20H11Cl5O4. The molecule has 0 atom stereocenters. The Morgan fingerprint density at radius 1 is 0.966 bits per heavy atom. The van der Waals surface area contributed by atoms with E-state index in [2.05, 4.69) is 0 Å². The molecule has 3 aromatic rings. The molecule has 0 aliphatic rings. The number of ether oxygens (including phenoxy) is 1. The van der Waals surface area contributed by atoms with Crippen molar-refractivity contribution in [1.82, 2.24) is 0 Å². The highest BCUT2D eigenvalue weighted by atomic mass is 35.5. The van der Waals surface area contributed by atoms with Crippen molar-refractivity contribution in [3.8, 4) is 11.5 Å². The lowest BCUT2D eigenvalue weighted by molar-refractivity contribution is 0.104. The van der Waals surface area contributed by atoms with E-state index in [4.69, 9.17) is 67.2 Å². The zero-order chi connectivity index (χ0) is 21.1. The normalized spacial score (nSPS) is 11.2. The van der Waals surface area contributed by atoms with Crippen molar-refractivity contribution < 1.29 is 19.1 Å². The van der Waals surface area contributed by atoms with Gasteiger partial charge in [0, 0.05) is 5.56 Å². The Morgan fingerprint density at radius 3 is 2.28 bits per heavy atom. The van der Waals surface area contributed by atoms with Crippen LogP contribution in [-0.2, 0) is 6.61 Å². The molecule has 9 heteroatoms. The van der Waals surface area contributed by atoms with Crippen molar-refractivity contribution in [2.24, 2.45) is 0 Å². The minimum Gasteiger partial charge on any atom is -0.508 e. The van der Waals surface area contributed by atoms with Crippen molar-refractivity contribution in [3.05, 3.63) is 84.7 Å². The maximum atomic E-state index is 12.1. The summed E-state index contributed by atoms with van der Waals surface area (Å²) in [7, 11) is 0. The molecule has 29 heavy (non-hydrogen) atoms. The van der Waals surface area contributed by atoms with E-state index in [1.165, 1.54) is 24.3 Å². The Balaban J connectivity index is 1.69. The van der Waals surface area contributed by atoms with Crippen molar-refractivity contribution in [1.29, 1.82) is 0 Å². The predicted octanol–water partition coefficient (Wildman–Crippen LogP) is 7.73. The molecule has 0 radical (unpaired) electrons. The zero-order valence-electron chi connectivity index (χ0n) is 14.4. The third-order valence-electron chi connectivity index (χ3n) is 3.74. The molecule has 1 aromatic heterocycles. The van der Waals surface area contributed by atoms with Crippen LogP contribution in [0.5, 0.6) is 11.5 Å². The number of carbonyl (C=O) groups is 1. The second-order valence-electron chi connectivity index (χ2n) is 5.74. The fourth-order valence-electron chi connectivity index (χ4n) is 2.33. The number of benzene rings is 2. The minimum atomic E-state index is -0.279. The summed E-state index contributed by atoms with van der Waals surface area (Å²) in [5.41, 5.74) is 0.358. The smallest absolute Gasteiger partial charge is 0.186 e. The first-order chi connectivity index (χ1) is 13.8. The van der Waals surface area contributed by atoms with Gasteiger partial charge in [-0.25, -0.2) is 0 Å². The Hall–Kier alpha value is -1.82. The van der Waals surface area contributed by atoms with E-state index in [1.807, 2.05) is 0 Å². The topological polar surface area (TPSA) is 59.7 Å². The van der Waals surface area contributed by atoms with Gasteiger partial charge in [-0.15, -0.1) is 0 Å². The summed E-state index contributed by atoms with van der Waals surface area (Å²) in [6, 6.07) is 9.38. The summed E-state index contributed by atoms with van der Waals surface area (Å²) in [5.74, 6) is 0.700. The lowest BCUT2D eigenvalue weighted by atomic mass is 10.1. The van der Waals surface area contributed by atoms with Gasteiger partial charge in [-0.2, -0.15) is 0 Å². The summed E-state index contributed by atoms with van der Waals surface area (Å²) in [4.78, 5) is 12.1. The minimum absolute atomic E-state index is 0.0118. The molecule has 0 amide bonds. The number of allylic oxidation sites excluding steroid dienone is 1. The van der Waals surface area contributed by atoms with E-state index in [-0.39, 0.29) is 49.0 Å². The number of rotatable bonds is 6. The van der Waals surface area contributed by atoms with Crippen LogP contribution in [0.4, 0.5) is 0 Å². The predicted molar refractivity (Wildman–Crippen MR) is 116 cm³/mol. The van der Waals surface area contributed by atoms with Gasteiger partial charge in [0.05, 0.1) is 15.1 Å². The monoisotopic (exact) mass is 490 g/mol. The number of hydrogen-bond acceptors (Lipinski definition) is 4. The summed E-state index contributed by atoms with van der Waals surface area (Å²) >= 11 is 30.2. The van der Waals surface area contributed by atoms with E-state index >= 15 is 0 Å². The molecule has 0 aliphatic carbocycles.